The first-order valence-electron chi connectivity index (χ1n) is 11.3. The van der Waals surface area contributed by atoms with Gasteiger partial charge in [-0.2, -0.15) is 0 Å². The molecule has 5 rings (SSSR count). The van der Waals surface area contributed by atoms with E-state index in [0.717, 1.165) is 40.6 Å². The minimum atomic E-state index is -0.423. The lowest BCUT2D eigenvalue weighted by Crippen LogP contribution is -2.35. The molecule has 0 unspecified atom stereocenters. The van der Waals surface area contributed by atoms with Crippen LogP contribution < -0.4 is 20.5 Å². The fourth-order valence-corrected chi connectivity index (χ4v) is 4.15. The van der Waals surface area contributed by atoms with Gasteiger partial charge in [-0.25, -0.2) is 0 Å². The fraction of sp³-hybridized carbons (Fsp3) is 0.385. The Balaban J connectivity index is 0.000000459. The van der Waals surface area contributed by atoms with Gasteiger partial charge in [0.25, 0.3) is 5.91 Å². The third kappa shape index (κ3) is 4.73. The maximum atomic E-state index is 13.1. The molecular formula is C26H32N4O3. The quantitative estimate of drug-likeness (QED) is 0.576. The second kappa shape index (κ2) is 9.27. The number of pyridine rings is 1. The lowest BCUT2D eigenvalue weighted by Gasteiger charge is -2.24. The molecule has 1 saturated carbocycles. The molecule has 3 aromatic rings. The van der Waals surface area contributed by atoms with Crippen LogP contribution in [-0.2, 0) is 5.54 Å². The van der Waals surface area contributed by atoms with Crippen LogP contribution in [0.5, 0.6) is 11.5 Å². The van der Waals surface area contributed by atoms with Crippen molar-refractivity contribution in [2.24, 2.45) is 0 Å². The summed E-state index contributed by atoms with van der Waals surface area (Å²) < 4.78 is 10.7. The molecule has 3 N–H and O–H groups in total. The summed E-state index contributed by atoms with van der Waals surface area (Å²) in [5.41, 5.74) is 9.29. The van der Waals surface area contributed by atoms with Crippen molar-refractivity contribution >= 4 is 22.5 Å². The van der Waals surface area contributed by atoms with E-state index in [1.165, 1.54) is 19.5 Å². The van der Waals surface area contributed by atoms with Gasteiger partial charge in [-0.3, -0.25) is 9.78 Å². The van der Waals surface area contributed by atoms with Gasteiger partial charge in [-0.15, -0.1) is 0 Å². The predicted molar refractivity (Wildman–Crippen MR) is 131 cm³/mol. The first-order chi connectivity index (χ1) is 15.9. The zero-order valence-corrected chi connectivity index (χ0v) is 19.8. The van der Waals surface area contributed by atoms with Crippen LogP contribution >= 0.6 is 0 Å². The molecule has 0 atom stereocenters. The van der Waals surface area contributed by atoms with Gasteiger partial charge in [0.1, 0.15) is 11.5 Å². The number of nitrogens with zero attached hydrogens (tertiary/aromatic N) is 2. The van der Waals surface area contributed by atoms with Crippen molar-refractivity contribution in [3.8, 4) is 11.5 Å². The SMILES string of the molecule is CN1CCC1.COc1cc(C2(NC(=O)c3cc(OC)c(N)cc3C)CC2)c2cccnc2c1. The lowest BCUT2D eigenvalue weighted by molar-refractivity contribution is 0.0930. The minimum absolute atomic E-state index is 0.145. The Hall–Kier alpha value is -3.32. The van der Waals surface area contributed by atoms with Crippen LogP contribution in [0.3, 0.4) is 0 Å². The molecule has 2 fully saturated rings. The normalized spacial score (nSPS) is 16.2. The molecule has 2 aromatic carbocycles. The highest BCUT2D eigenvalue weighted by Gasteiger charge is 2.47. The van der Waals surface area contributed by atoms with Crippen molar-refractivity contribution < 1.29 is 14.3 Å². The molecular weight excluding hydrogens is 416 g/mol. The summed E-state index contributed by atoms with van der Waals surface area (Å²) in [4.78, 5) is 19.9. The van der Waals surface area contributed by atoms with E-state index in [1.807, 2.05) is 31.2 Å². The maximum absolute atomic E-state index is 13.1. The molecule has 33 heavy (non-hydrogen) atoms. The number of aryl methyl sites for hydroxylation is 1. The topological polar surface area (TPSA) is 89.7 Å². The molecule has 2 heterocycles. The molecule has 7 nitrogen and oxygen atoms in total. The number of fused-ring (bicyclic) bond motifs is 1. The smallest absolute Gasteiger partial charge is 0.252 e. The number of nitrogens with two attached hydrogens (primary N) is 1. The van der Waals surface area contributed by atoms with Crippen molar-refractivity contribution in [2.75, 3.05) is 40.1 Å². The minimum Gasteiger partial charge on any atom is -0.497 e. The van der Waals surface area contributed by atoms with E-state index in [-0.39, 0.29) is 5.91 Å². The number of methoxy groups -OCH3 is 2. The van der Waals surface area contributed by atoms with Crippen LogP contribution in [0.15, 0.2) is 42.6 Å². The Bertz CT molecular complexity index is 1170. The van der Waals surface area contributed by atoms with E-state index >= 15 is 0 Å². The highest BCUT2D eigenvalue weighted by Crippen LogP contribution is 2.49. The van der Waals surface area contributed by atoms with Crippen molar-refractivity contribution in [3.63, 3.8) is 0 Å². The summed E-state index contributed by atoms with van der Waals surface area (Å²) in [6.07, 6.45) is 4.90. The molecule has 1 aliphatic heterocycles. The summed E-state index contributed by atoms with van der Waals surface area (Å²) in [5.74, 6) is 1.08. The molecule has 1 aliphatic carbocycles. The zero-order valence-electron chi connectivity index (χ0n) is 19.8. The van der Waals surface area contributed by atoms with Crippen LogP contribution in [0.25, 0.3) is 10.9 Å². The Morgan fingerprint density at radius 1 is 1.15 bits per heavy atom. The van der Waals surface area contributed by atoms with Gasteiger partial charge in [-0.1, -0.05) is 6.07 Å². The number of aromatic nitrogens is 1. The molecule has 0 bridgehead atoms. The summed E-state index contributed by atoms with van der Waals surface area (Å²) in [5, 5.41) is 4.26. The van der Waals surface area contributed by atoms with E-state index in [1.54, 1.807) is 32.5 Å². The van der Waals surface area contributed by atoms with Gasteiger partial charge in [0.15, 0.2) is 0 Å². The van der Waals surface area contributed by atoms with Crippen molar-refractivity contribution in [2.45, 2.75) is 31.7 Å². The number of amides is 1. The number of carbonyl (C=O) groups is 1. The monoisotopic (exact) mass is 448 g/mol. The van der Waals surface area contributed by atoms with E-state index < -0.39 is 5.54 Å². The fourth-order valence-electron chi connectivity index (χ4n) is 4.15. The second-order valence-corrected chi connectivity index (χ2v) is 8.85. The van der Waals surface area contributed by atoms with Gasteiger partial charge >= 0.3 is 0 Å². The van der Waals surface area contributed by atoms with Crippen LogP contribution in [0, 0.1) is 6.92 Å². The van der Waals surface area contributed by atoms with Gasteiger partial charge < -0.3 is 25.4 Å². The number of rotatable bonds is 5. The van der Waals surface area contributed by atoms with Crippen molar-refractivity contribution in [1.29, 1.82) is 0 Å². The Morgan fingerprint density at radius 3 is 2.45 bits per heavy atom. The predicted octanol–water partition coefficient (Wildman–Crippen LogP) is 3.88. The molecule has 2 aliphatic rings. The second-order valence-electron chi connectivity index (χ2n) is 8.85. The third-order valence-corrected chi connectivity index (χ3v) is 6.45. The number of likely N-dealkylation sites (tertiary alicyclic amines) is 1. The molecule has 1 amide bonds. The van der Waals surface area contributed by atoms with E-state index in [2.05, 4.69) is 22.2 Å². The molecule has 174 valence electrons. The van der Waals surface area contributed by atoms with Crippen LogP contribution in [0.4, 0.5) is 5.69 Å². The third-order valence-electron chi connectivity index (χ3n) is 6.45. The number of nitrogen functional groups attached to an aromatic ring is 1. The first kappa shape index (κ1) is 22.9. The Labute approximate surface area is 194 Å². The first-order valence-corrected chi connectivity index (χ1v) is 11.3. The number of ether oxygens (including phenoxy) is 2. The molecule has 1 saturated heterocycles. The zero-order chi connectivity index (χ0) is 23.6. The summed E-state index contributed by atoms with van der Waals surface area (Å²) >= 11 is 0. The largest absolute Gasteiger partial charge is 0.497 e. The van der Waals surface area contributed by atoms with E-state index in [9.17, 15) is 4.79 Å². The van der Waals surface area contributed by atoms with Gasteiger partial charge in [0.2, 0.25) is 0 Å². The highest BCUT2D eigenvalue weighted by atomic mass is 16.5. The van der Waals surface area contributed by atoms with Gasteiger partial charge in [0, 0.05) is 23.2 Å². The summed E-state index contributed by atoms with van der Waals surface area (Å²) in [6, 6.07) is 11.3. The number of hydrogen-bond acceptors (Lipinski definition) is 6. The van der Waals surface area contributed by atoms with Crippen LogP contribution in [-0.4, -0.2) is 50.1 Å². The molecule has 1 aromatic heterocycles. The van der Waals surface area contributed by atoms with Crippen molar-refractivity contribution in [3.05, 3.63) is 59.3 Å². The summed E-state index contributed by atoms with van der Waals surface area (Å²) in [6.45, 7) is 4.51. The number of nitrogens with one attached hydrogen (secondary N) is 1. The average Bonchev–Trinajstić information content (AvgIpc) is 3.57. The highest BCUT2D eigenvalue weighted by molar-refractivity contribution is 5.98. The van der Waals surface area contributed by atoms with E-state index in [4.69, 9.17) is 15.2 Å². The van der Waals surface area contributed by atoms with Crippen LogP contribution in [0.2, 0.25) is 0 Å². The molecule has 7 heteroatoms. The molecule has 0 radical (unpaired) electrons. The van der Waals surface area contributed by atoms with Crippen molar-refractivity contribution in [1.82, 2.24) is 15.2 Å². The number of carbonyl (C=O) groups excluding carboxylic acids is 1. The lowest BCUT2D eigenvalue weighted by atomic mass is 9.97. The van der Waals surface area contributed by atoms with Gasteiger partial charge in [0.05, 0.1) is 31.0 Å². The number of anilines is 1. The maximum Gasteiger partial charge on any atom is 0.252 e. The number of hydrogen-bond donors (Lipinski definition) is 2. The standard InChI is InChI=1S/C22H23N3O3.C4H9N/c1-13-9-18(23)20(28-3)12-16(13)21(26)25-22(6-7-22)17-10-14(27-2)11-19-15(17)5-4-8-24-19;1-5-3-2-4-5/h4-5,8-12H,6-7,23H2,1-3H3,(H,25,26);2-4H2,1H3. The summed E-state index contributed by atoms with van der Waals surface area (Å²) in [7, 11) is 5.32. The van der Waals surface area contributed by atoms with Gasteiger partial charge in [-0.05, 0) is 81.7 Å². The average molecular weight is 449 g/mol. The Morgan fingerprint density at radius 2 is 1.88 bits per heavy atom. The number of benzene rings is 2. The molecule has 0 spiro atoms. The Kier molecular flexibility index (Phi) is 6.42. The van der Waals surface area contributed by atoms with E-state index in [0.29, 0.717) is 17.0 Å². The van der Waals surface area contributed by atoms with Crippen LogP contribution in [0.1, 0.15) is 40.7 Å².